The second kappa shape index (κ2) is 6.48. The third-order valence-corrected chi connectivity index (χ3v) is 6.20. The summed E-state index contributed by atoms with van der Waals surface area (Å²) in [6.45, 7) is 1.000. The van der Waals surface area contributed by atoms with E-state index in [0.29, 0.717) is 0 Å². The lowest BCUT2D eigenvalue weighted by Gasteiger charge is -2.32. The molecule has 0 aromatic rings. The molecule has 0 amide bonds. The molecule has 7 atom stereocenters. The van der Waals surface area contributed by atoms with Gasteiger partial charge < -0.3 is 14.2 Å². The number of alkyl halides is 5. The molecule has 164 valence electrons. The summed E-state index contributed by atoms with van der Waals surface area (Å²) in [7, 11) is -6.60. The van der Waals surface area contributed by atoms with E-state index in [1.165, 1.54) is 0 Å². The van der Waals surface area contributed by atoms with Gasteiger partial charge in [-0.05, 0) is 6.42 Å². The Hall–Kier alpha value is -2.03. The Balaban J connectivity index is 1.91. The van der Waals surface area contributed by atoms with Crippen LogP contribution in [-0.2, 0) is 38.7 Å². The van der Waals surface area contributed by atoms with Gasteiger partial charge in [-0.1, -0.05) is 0 Å². The Morgan fingerprint density at radius 3 is 2.28 bits per heavy atom. The molecule has 3 fully saturated rings. The minimum absolute atomic E-state index is 0.0180. The number of esters is 3. The van der Waals surface area contributed by atoms with E-state index in [1.807, 2.05) is 0 Å². The second-order valence-corrected chi connectivity index (χ2v) is 8.48. The normalized spacial score (nSPS) is 34.7. The van der Waals surface area contributed by atoms with Crippen molar-refractivity contribution in [2.45, 2.75) is 43.1 Å². The quantitative estimate of drug-likeness (QED) is 0.277. The molecular formula is C14H13F5O9S. The van der Waals surface area contributed by atoms with Gasteiger partial charge in [0.15, 0.2) is 0 Å². The van der Waals surface area contributed by atoms with Gasteiger partial charge in [-0.15, -0.1) is 0 Å². The van der Waals surface area contributed by atoms with Crippen LogP contribution in [0.5, 0.6) is 0 Å². The van der Waals surface area contributed by atoms with Crippen molar-refractivity contribution in [1.82, 2.24) is 0 Å². The second-order valence-electron chi connectivity index (χ2n) is 6.99. The predicted molar refractivity (Wildman–Crippen MR) is 76.4 cm³/mol. The molecule has 2 bridgehead atoms. The van der Waals surface area contributed by atoms with Crippen molar-refractivity contribution in [2.24, 2.45) is 23.7 Å². The number of ether oxygens (including phenoxy) is 3. The van der Waals surface area contributed by atoms with E-state index >= 15 is 0 Å². The Morgan fingerprint density at radius 2 is 1.79 bits per heavy atom. The highest BCUT2D eigenvalue weighted by Crippen LogP contribution is 2.59. The fourth-order valence-electron chi connectivity index (χ4n) is 4.32. The lowest BCUT2D eigenvalue weighted by atomic mass is 9.78. The van der Waals surface area contributed by atoms with Gasteiger partial charge in [0.2, 0.25) is 0 Å². The fourth-order valence-corrected chi connectivity index (χ4v) is 4.77. The summed E-state index contributed by atoms with van der Waals surface area (Å²) in [5.74, 6) is -8.56. The molecule has 9 nitrogen and oxygen atoms in total. The molecule has 0 aromatic carbocycles. The van der Waals surface area contributed by atoms with E-state index in [9.17, 15) is 44.8 Å². The Kier molecular flexibility index (Phi) is 4.85. The molecule has 3 aliphatic rings. The van der Waals surface area contributed by atoms with Crippen LogP contribution in [0, 0.1) is 23.7 Å². The van der Waals surface area contributed by atoms with Gasteiger partial charge in [0, 0.05) is 18.8 Å². The van der Waals surface area contributed by atoms with Crippen LogP contribution >= 0.6 is 0 Å². The van der Waals surface area contributed by atoms with Gasteiger partial charge in [0.05, 0.1) is 11.8 Å². The standard InChI is InChI=1S/C14H13F5O9S/c1-3(20)26-8-4-2-5-6(10(21)27-9(5)8)7(4)11(22)28-12(13(15,16)17)14(18,19)29(23,24)25/h4-9,12H,2H2,1H3,(H,23,24,25). The van der Waals surface area contributed by atoms with E-state index in [1.54, 1.807) is 0 Å². The van der Waals surface area contributed by atoms with Crippen molar-refractivity contribution in [3.05, 3.63) is 0 Å². The van der Waals surface area contributed by atoms with Crippen LogP contribution < -0.4 is 0 Å². The van der Waals surface area contributed by atoms with Crippen molar-refractivity contribution in [3.8, 4) is 0 Å². The van der Waals surface area contributed by atoms with Crippen LogP contribution in [0.3, 0.4) is 0 Å². The molecule has 7 unspecified atom stereocenters. The van der Waals surface area contributed by atoms with Gasteiger partial charge in [0.1, 0.15) is 12.2 Å². The fraction of sp³-hybridized carbons (Fsp3) is 0.786. The summed E-state index contributed by atoms with van der Waals surface area (Å²) < 4.78 is 110. The van der Waals surface area contributed by atoms with E-state index in [4.69, 9.17) is 14.0 Å². The first kappa shape index (κ1) is 21.7. The summed E-state index contributed by atoms with van der Waals surface area (Å²) in [6, 6.07) is 0. The van der Waals surface area contributed by atoms with E-state index in [2.05, 4.69) is 4.74 Å². The lowest BCUT2D eigenvalue weighted by molar-refractivity contribution is -0.262. The summed E-state index contributed by atoms with van der Waals surface area (Å²) in [5.41, 5.74) is 0. The predicted octanol–water partition coefficient (Wildman–Crippen LogP) is 0.680. The zero-order valence-corrected chi connectivity index (χ0v) is 15.1. The van der Waals surface area contributed by atoms with Gasteiger partial charge in [-0.25, -0.2) is 0 Å². The first-order chi connectivity index (χ1) is 13.1. The highest BCUT2D eigenvalue weighted by Gasteiger charge is 2.72. The maximum atomic E-state index is 13.6. The number of carbonyl (C=O) groups excluding carboxylic acids is 3. The number of fused-ring (bicyclic) bond motifs is 1. The van der Waals surface area contributed by atoms with Gasteiger partial charge in [0.25, 0.3) is 6.10 Å². The molecule has 0 radical (unpaired) electrons. The zero-order valence-electron chi connectivity index (χ0n) is 14.3. The molecule has 0 aromatic heterocycles. The SMILES string of the molecule is CC(=O)OC1C2CC3C1OC(=O)C3C2C(=O)OC(C(F)(F)F)C(F)(F)S(=O)(=O)O. The van der Waals surface area contributed by atoms with Gasteiger partial charge in [-0.2, -0.15) is 30.4 Å². The van der Waals surface area contributed by atoms with Crippen LogP contribution in [0.1, 0.15) is 13.3 Å². The van der Waals surface area contributed by atoms with Crippen LogP contribution in [0.2, 0.25) is 0 Å². The number of halogens is 5. The summed E-state index contributed by atoms with van der Waals surface area (Å²) in [5, 5.41) is -5.90. The van der Waals surface area contributed by atoms with Crippen molar-refractivity contribution >= 4 is 28.0 Å². The van der Waals surface area contributed by atoms with Crippen LogP contribution in [0.25, 0.3) is 0 Å². The van der Waals surface area contributed by atoms with Crippen LogP contribution in [0.4, 0.5) is 22.0 Å². The summed E-state index contributed by atoms with van der Waals surface area (Å²) >= 11 is 0. The third kappa shape index (κ3) is 3.33. The summed E-state index contributed by atoms with van der Waals surface area (Å²) in [4.78, 5) is 35.6. The maximum Gasteiger partial charge on any atom is 0.432 e. The molecule has 29 heavy (non-hydrogen) atoms. The average molecular weight is 452 g/mol. The van der Waals surface area contributed by atoms with E-state index in [-0.39, 0.29) is 6.42 Å². The maximum absolute atomic E-state index is 13.6. The molecule has 1 N–H and O–H groups in total. The van der Waals surface area contributed by atoms with Crippen molar-refractivity contribution in [3.63, 3.8) is 0 Å². The molecule has 15 heteroatoms. The van der Waals surface area contributed by atoms with E-state index in [0.717, 1.165) is 6.92 Å². The minimum Gasteiger partial charge on any atom is -0.458 e. The van der Waals surface area contributed by atoms with Gasteiger partial charge >= 0.3 is 39.5 Å². The number of hydrogen-bond donors (Lipinski definition) is 1. The molecule has 3 rings (SSSR count). The van der Waals surface area contributed by atoms with E-state index < -0.39 is 81.4 Å². The molecule has 1 saturated heterocycles. The molecule has 1 heterocycles. The largest absolute Gasteiger partial charge is 0.458 e. The number of rotatable bonds is 5. The topological polar surface area (TPSA) is 133 Å². The first-order valence-electron chi connectivity index (χ1n) is 8.07. The molecule has 2 aliphatic carbocycles. The smallest absolute Gasteiger partial charge is 0.432 e. The van der Waals surface area contributed by atoms with Crippen molar-refractivity contribution < 1.29 is 63.5 Å². The lowest BCUT2D eigenvalue weighted by Crippen LogP contribution is -2.54. The molecule has 2 saturated carbocycles. The molecule has 1 aliphatic heterocycles. The van der Waals surface area contributed by atoms with Crippen molar-refractivity contribution in [2.75, 3.05) is 0 Å². The Morgan fingerprint density at radius 1 is 1.21 bits per heavy atom. The molecular weight excluding hydrogens is 439 g/mol. The van der Waals surface area contributed by atoms with Crippen LogP contribution in [0.15, 0.2) is 0 Å². The zero-order chi connectivity index (χ0) is 22.1. The Labute approximate surface area is 159 Å². The van der Waals surface area contributed by atoms with Crippen molar-refractivity contribution in [1.29, 1.82) is 0 Å². The molecule has 0 spiro atoms. The van der Waals surface area contributed by atoms with Crippen LogP contribution in [-0.4, -0.2) is 60.6 Å². The highest BCUT2D eigenvalue weighted by atomic mass is 32.2. The Bertz CT molecular complexity index is 854. The highest BCUT2D eigenvalue weighted by molar-refractivity contribution is 7.86. The third-order valence-electron chi connectivity index (χ3n) is 5.30. The minimum atomic E-state index is -6.60. The number of hydrogen-bond acceptors (Lipinski definition) is 8. The first-order valence-corrected chi connectivity index (χ1v) is 9.51. The summed E-state index contributed by atoms with van der Waals surface area (Å²) in [6.07, 6.45) is -12.7. The van der Waals surface area contributed by atoms with Gasteiger partial charge in [-0.3, -0.25) is 18.9 Å². The number of carbonyl (C=O) groups is 3. The monoisotopic (exact) mass is 452 g/mol. The average Bonchev–Trinajstić information content (AvgIpc) is 3.13.